The van der Waals surface area contributed by atoms with Gasteiger partial charge in [0, 0.05) is 17.2 Å². The zero-order valence-corrected chi connectivity index (χ0v) is 11.1. The van der Waals surface area contributed by atoms with Crippen molar-refractivity contribution in [3.63, 3.8) is 0 Å². The van der Waals surface area contributed by atoms with Crippen LogP contribution in [0.5, 0.6) is 0 Å². The molecule has 0 aliphatic carbocycles. The Morgan fingerprint density at radius 2 is 2.19 bits per heavy atom. The maximum Gasteiger partial charge on any atom is 0.0710 e. The van der Waals surface area contributed by atoms with Crippen LogP contribution in [0.3, 0.4) is 0 Å². The van der Waals surface area contributed by atoms with Gasteiger partial charge in [0.05, 0.1) is 5.60 Å². The molecule has 3 heteroatoms. The highest BCUT2D eigenvalue weighted by atomic mass is 32.2. The first-order valence-electron chi connectivity index (χ1n) is 5.66. The number of nitrogens with one attached hydrogen (secondary N) is 1. The van der Waals surface area contributed by atoms with E-state index in [2.05, 4.69) is 29.6 Å². The maximum absolute atomic E-state index is 9.92. The van der Waals surface area contributed by atoms with E-state index >= 15 is 0 Å². The highest BCUT2D eigenvalue weighted by Crippen LogP contribution is 2.24. The van der Waals surface area contributed by atoms with Crippen molar-refractivity contribution >= 4 is 11.8 Å². The Morgan fingerprint density at radius 3 is 2.81 bits per heavy atom. The molecule has 0 fully saturated rings. The molecular weight excluding hydrogens is 218 g/mol. The molecule has 0 aliphatic rings. The molecular formula is C13H21NOS. The van der Waals surface area contributed by atoms with Crippen LogP contribution in [-0.2, 0) is 6.54 Å². The zero-order chi connectivity index (χ0) is 12.0. The molecule has 1 unspecified atom stereocenters. The third-order valence-corrected chi connectivity index (χ3v) is 3.94. The van der Waals surface area contributed by atoms with Crippen LogP contribution >= 0.6 is 11.8 Å². The topological polar surface area (TPSA) is 32.3 Å². The SMILES string of the molecule is CCC(C)(O)CSc1cccc(CNC)c1. The van der Waals surface area contributed by atoms with Crippen LogP contribution in [0.15, 0.2) is 29.2 Å². The van der Waals surface area contributed by atoms with Crippen LogP contribution < -0.4 is 5.32 Å². The Kier molecular flexibility index (Phi) is 5.32. The number of hydrogen-bond acceptors (Lipinski definition) is 3. The standard InChI is InChI=1S/C13H21NOS/c1-4-13(2,15)10-16-12-7-5-6-11(8-12)9-14-3/h5-8,14-15H,4,9-10H2,1-3H3. The molecule has 1 atom stereocenters. The smallest absolute Gasteiger partial charge is 0.0710 e. The average molecular weight is 239 g/mol. The van der Waals surface area contributed by atoms with E-state index in [1.165, 1.54) is 10.5 Å². The monoisotopic (exact) mass is 239 g/mol. The largest absolute Gasteiger partial charge is 0.389 e. The molecule has 90 valence electrons. The van der Waals surface area contributed by atoms with E-state index in [9.17, 15) is 5.11 Å². The van der Waals surface area contributed by atoms with Crippen molar-refractivity contribution in [2.75, 3.05) is 12.8 Å². The third-order valence-electron chi connectivity index (χ3n) is 2.59. The Balaban J connectivity index is 2.57. The molecule has 0 aliphatic heterocycles. The highest BCUT2D eigenvalue weighted by Gasteiger charge is 2.17. The van der Waals surface area contributed by atoms with Crippen LogP contribution in [0.4, 0.5) is 0 Å². The fourth-order valence-corrected chi connectivity index (χ4v) is 2.38. The van der Waals surface area contributed by atoms with Gasteiger partial charge in [0.1, 0.15) is 0 Å². The maximum atomic E-state index is 9.92. The predicted octanol–water partition coefficient (Wildman–Crippen LogP) is 2.66. The average Bonchev–Trinajstić information content (AvgIpc) is 2.28. The minimum Gasteiger partial charge on any atom is -0.389 e. The summed E-state index contributed by atoms with van der Waals surface area (Å²) in [5, 5.41) is 13.1. The van der Waals surface area contributed by atoms with Gasteiger partial charge in [0.15, 0.2) is 0 Å². The van der Waals surface area contributed by atoms with Crippen LogP contribution in [0.1, 0.15) is 25.8 Å². The third kappa shape index (κ3) is 4.56. The Bertz CT molecular complexity index is 325. The molecule has 0 saturated heterocycles. The van der Waals surface area contributed by atoms with Gasteiger partial charge in [-0.15, -0.1) is 11.8 Å². The van der Waals surface area contributed by atoms with Gasteiger partial charge in [0.25, 0.3) is 0 Å². The second kappa shape index (κ2) is 6.28. The van der Waals surface area contributed by atoms with Gasteiger partial charge in [-0.25, -0.2) is 0 Å². The fraction of sp³-hybridized carbons (Fsp3) is 0.538. The number of hydrogen-bond donors (Lipinski definition) is 2. The minimum atomic E-state index is -0.566. The Hall–Kier alpha value is -0.510. The first kappa shape index (κ1) is 13.6. The summed E-state index contributed by atoms with van der Waals surface area (Å²) in [4.78, 5) is 1.22. The quantitative estimate of drug-likeness (QED) is 0.749. The molecule has 0 bridgehead atoms. The fourth-order valence-electron chi connectivity index (χ4n) is 1.29. The summed E-state index contributed by atoms with van der Waals surface area (Å²) in [6, 6.07) is 8.44. The lowest BCUT2D eigenvalue weighted by Crippen LogP contribution is -2.25. The molecule has 0 radical (unpaired) electrons. The van der Waals surface area contributed by atoms with E-state index in [-0.39, 0.29) is 0 Å². The summed E-state index contributed by atoms with van der Waals surface area (Å²) in [6.45, 7) is 4.79. The summed E-state index contributed by atoms with van der Waals surface area (Å²) < 4.78 is 0. The van der Waals surface area contributed by atoms with Crippen molar-refractivity contribution in [3.05, 3.63) is 29.8 Å². The summed E-state index contributed by atoms with van der Waals surface area (Å²) in [6.07, 6.45) is 0.788. The van der Waals surface area contributed by atoms with Gasteiger partial charge in [-0.2, -0.15) is 0 Å². The van der Waals surface area contributed by atoms with E-state index in [1.54, 1.807) is 11.8 Å². The van der Waals surface area contributed by atoms with Crippen LogP contribution in [0.2, 0.25) is 0 Å². The second-order valence-electron chi connectivity index (χ2n) is 4.32. The van der Waals surface area contributed by atoms with Crippen molar-refractivity contribution in [2.24, 2.45) is 0 Å². The van der Waals surface area contributed by atoms with Gasteiger partial charge in [-0.05, 0) is 38.1 Å². The molecule has 0 aromatic heterocycles. The van der Waals surface area contributed by atoms with Crippen molar-refractivity contribution in [1.29, 1.82) is 0 Å². The van der Waals surface area contributed by atoms with E-state index in [0.29, 0.717) is 0 Å². The highest BCUT2D eigenvalue weighted by molar-refractivity contribution is 7.99. The van der Waals surface area contributed by atoms with Gasteiger partial charge in [0.2, 0.25) is 0 Å². The molecule has 0 amide bonds. The summed E-state index contributed by atoms with van der Waals surface area (Å²) in [5.74, 6) is 0.743. The lowest BCUT2D eigenvalue weighted by atomic mass is 10.1. The van der Waals surface area contributed by atoms with Crippen LogP contribution in [-0.4, -0.2) is 23.5 Å². The molecule has 1 aromatic rings. The van der Waals surface area contributed by atoms with Crippen molar-refractivity contribution in [3.8, 4) is 0 Å². The van der Waals surface area contributed by atoms with Crippen LogP contribution in [0.25, 0.3) is 0 Å². The minimum absolute atomic E-state index is 0.566. The summed E-state index contributed by atoms with van der Waals surface area (Å²) in [7, 11) is 1.95. The van der Waals surface area contributed by atoms with E-state index < -0.39 is 5.60 Å². The first-order chi connectivity index (χ1) is 7.57. The Labute approximate surface area is 102 Å². The lowest BCUT2D eigenvalue weighted by molar-refractivity contribution is 0.0816. The van der Waals surface area contributed by atoms with Gasteiger partial charge < -0.3 is 10.4 Å². The van der Waals surface area contributed by atoms with E-state index in [4.69, 9.17) is 0 Å². The number of aliphatic hydroxyl groups is 1. The normalized spacial score (nSPS) is 14.8. The lowest BCUT2D eigenvalue weighted by Gasteiger charge is -2.20. The number of rotatable bonds is 6. The van der Waals surface area contributed by atoms with E-state index in [0.717, 1.165) is 18.7 Å². The van der Waals surface area contributed by atoms with Crippen molar-refractivity contribution in [2.45, 2.75) is 37.3 Å². The zero-order valence-electron chi connectivity index (χ0n) is 10.3. The molecule has 0 spiro atoms. The molecule has 2 N–H and O–H groups in total. The molecule has 0 saturated carbocycles. The Morgan fingerprint density at radius 1 is 1.44 bits per heavy atom. The van der Waals surface area contributed by atoms with Gasteiger partial charge in [-0.1, -0.05) is 19.1 Å². The number of thioether (sulfide) groups is 1. The first-order valence-corrected chi connectivity index (χ1v) is 6.64. The van der Waals surface area contributed by atoms with E-state index in [1.807, 2.05) is 20.9 Å². The summed E-state index contributed by atoms with van der Waals surface area (Å²) in [5.41, 5.74) is 0.715. The molecule has 1 aromatic carbocycles. The summed E-state index contributed by atoms with van der Waals surface area (Å²) >= 11 is 1.71. The number of benzene rings is 1. The van der Waals surface area contributed by atoms with Crippen molar-refractivity contribution in [1.82, 2.24) is 5.32 Å². The van der Waals surface area contributed by atoms with Crippen LogP contribution in [0, 0.1) is 0 Å². The predicted molar refractivity (Wildman–Crippen MR) is 70.8 cm³/mol. The molecule has 16 heavy (non-hydrogen) atoms. The van der Waals surface area contributed by atoms with Crippen molar-refractivity contribution < 1.29 is 5.11 Å². The molecule has 2 nitrogen and oxygen atoms in total. The second-order valence-corrected chi connectivity index (χ2v) is 5.37. The van der Waals surface area contributed by atoms with Gasteiger partial charge >= 0.3 is 0 Å². The van der Waals surface area contributed by atoms with Gasteiger partial charge in [-0.3, -0.25) is 0 Å². The molecule has 1 rings (SSSR count). The molecule has 0 heterocycles.